The van der Waals surface area contributed by atoms with Gasteiger partial charge in [0, 0.05) is 0 Å². The lowest BCUT2D eigenvalue weighted by Crippen LogP contribution is -2.37. The predicted octanol–water partition coefficient (Wildman–Crippen LogP) is 2.46. The molecule has 0 heterocycles. The van der Waals surface area contributed by atoms with Crippen molar-refractivity contribution in [3.05, 3.63) is 35.9 Å². The maximum Gasteiger partial charge on any atom is 0.407 e. The number of rotatable bonds is 7. The fraction of sp³-hybridized carbons (Fsp3) is 0.533. The molecule has 1 amide bonds. The summed E-state index contributed by atoms with van der Waals surface area (Å²) in [5, 5.41) is 11.9. The molecule has 1 aliphatic rings. The number of nitrogens with one attached hydrogen (secondary N) is 1. The second kappa shape index (κ2) is 7.14. The zero-order chi connectivity index (χ0) is 13.5. The third-order valence-corrected chi connectivity index (χ3v) is 3.38. The number of carbonyl (C=O) groups is 1. The largest absolute Gasteiger partial charge is 0.445 e. The summed E-state index contributed by atoms with van der Waals surface area (Å²) in [6, 6.07) is 9.35. The monoisotopic (exact) mass is 263 g/mol. The fourth-order valence-corrected chi connectivity index (χ4v) is 1.98. The Kier molecular flexibility index (Phi) is 5.21. The fourth-order valence-electron chi connectivity index (χ4n) is 1.98. The highest BCUT2D eigenvalue weighted by atomic mass is 16.5. The number of carbonyl (C=O) groups excluding carboxylic acids is 1. The summed E-state index contributed by atoms with van der Waals surface area (Å²) in [7, 11) is 0. The van der Waals surface area contributed by atoms with Gasteiger partial charge in [0.1, 0.15) is 6.61 Å². The van der Waals surface area contributed by atoms with E-state index >= 15 is 0 Å². The number of alkyl carbamates (subject to hydrolysis) is 1. The van der Waals surface area contributed by atoms with Crippen LogP contribution in [0.15, 0.2) is 30.3 Å². The summed E-state index contributed by atoms with van der Waals surface area (Å²) >= 11 is 0. The minimum absolute atomic E-state index is 0.0346. The maximum atomic E-state index is 11.6. The topological polar surface area (TPSA) is 58.6 Å². The summed E-state index contributed by atoms with van der Waals surface area (Å²) in [6.45, 7) is 0.223. The van der Waals surface area contributed by atoms with E-state index in [9.17, 15) is 9.90 Å². The highest BCUT2D eigenvalue weighted by molar-refractivity contribution is 5.67. The van der Waals surface area contributed by atoms with Crippen molar-refractivity contribution < 1.29 is 14.6 Å². The van der Waals surface area contributed by atoms with Crippen molar-refractivity contribution >= 4 is 6.09 Å². The van der Waals surface area contributed by atoms with Crippen LogP contribution in [0.2, 0.25) is 0 Å². The molecule has 1 aromatic carbocycles. The van der Waals surface area contributed by atoms with Gasteiger partial charge in [-0.2, -0.15) is 0 Å². The third-order valence-electron chi connectivity index (χ3n) is 3.38. The molecular formula is C15H21NO3. The lowest BCUT2D eigenvalue weighted by atomic mass is 10.1. The quantitative estimate of drug-likeness (QED) is 0.794. The average Bonchev–Trinajstić information content (AvgIpc) is 3.26. The average molecular weight is 263 g/mol. The van der Waals surface area contributed by atoms with Crippen molar-refractivity contribution in [2.45, 2.75) is 38.3 Å². The summed E-state index contributed by atoms with van der Waals surface area (Å²) in [4.78, 5) is 11.6. The molecule has 1 aliphatic carbocycles. The summed E-state index contributed by atoms with van der Waals surface area (Å²) in [5.41, 5.74) is 0.955. The Morgan fingerprint density at radius 1 is 1.37 bits per heavy atom. The van der Waals surface area contributed by atoms with Crippen LogP contribution in [0.1, 0.15) is 31.2 Å². The Hall–Kier alpha value is -1.55. The van der Waals surface area contributed by atoms with Gasteiger partial charge in [-0.25, -0.2) is 4.79 Å². The molecule has 0 spiro atoms. The summed E-state index contributed by atoms with van der Waals surface area (Å²) in [6.07, 6.45) is 4.01. The number of aliphatic hydroxyl groups excluding tert-OH is 1. The van der Waals surface area contributed by atoms with E-state index in [1.165, 1.54) is 12.8 Å². The smallest absolute Gasteiger partial charge is 0.407 e. The van der Waals surface area contributed by atoms with Gasteiger partial charge in [0.25, 0.3) is 0 Å². The van der Waals surface area contributed by atoms with Crippen LogP contribution in [0.3, 0.4) is 0 Å². The number of hydrogen-bond acceptors (Lipinski definition) is 3. The van der Waals surface area contributed by atoms with E-state index in [0.717, 1.165) is 24.3 Å². The maximum absolute atomic E-state index is 11.6. The van der Waals surface area contributed by atoms with Crippen LogP contribution < -0.4 is 5.32 Å². The molecule has 0 radical (unpaired) electrons. The molecule has 4 nitrogen and oxygen atoms in total. The Morgan fingerprint density at radius 3 is 2.74 bits per heavy atom. The van der Waals surface area contributed by atoms with Crippen molar-refractivity contribution in [2.75, 3.05) is 6.61 Å². The number of aliphatic hydroxyl groups is 1. The second-order valence-corrected chi connectivity index (χ2v) is 5.11. The Balaban J connectivity index is 1.66. The number of amides is 1. The molecule has 1 fully saturated rings. The first-order chi connectivity index (χ1) is 9.28. The lowest BCUT2D eigenvalue weighted by molar-refractivity contribution is 0.127. The first-order valence-corrected chi connectivity index (χ1v) is 6.86. The highest BCUT2D eigenvalue weighted by Gasteiger charge is 2.23. The zero-order valence-corrected chi connectivity index (χ0v) is 11.0. The van der Waals surface area contributed by atoms with Gasteiger partial charge in [0.15, 0.2) is 0 Å². The molecule has 1 atom stereocenters. The van der Waals surface area contributed by atoms with Crippen LogP contribution in [0, 0.1) is 5.92 Å². The number of hydrogen-bond donors (Lipinski definition) is 2. The molecule has 2 N–H and O–H groups in total. The molecule has 1 aromatic rings. The molecular weight excluding hydrogens is 242 g/mol. The normalized spacial score (nSPS) is 15.8. The summed E-state index contributed by atoms with van der Waals surface area (Å²) < 4.78 is 5.12. The molecule has 104 valence electrons. The summed E-state index contributed by atoms with van der Waals surface area (Å²) in [5.74, 6) is 0.802. The van der Waals surface area contributed by atoms with Crippen molar-refractivity contribution in [3.8, 4) is 0 Å². The van der Waals surface area contributed by atoms with Crippen molar-refractivity contribution in [3.63, 3.8) is 0 Å². The predicted molar refractivity (Wildman–Crippen MR) is 72.6 cm³/mol. The van der Waals surface area contributed by atoms with E-state index in [1.807, 2.05) is 30.3 Å². The second-order valence-electron chi connectivity index (χ2n) is 5.11. The molecule has 0 bridgehead atoms. The standard InChI is InChI=1S/C15H21NO3/c17-10-14(9-8-12-6-7-12)16-15(18)19-11-13-4-2-1-3-5-13/h1-5,12,14,17H,6-11H2,(H,16,18). The van der Waals surface area contributed by atoms with Crippen LogP contribution in [0.4, 0.5) is 4.79 Å². The molecule has 0 saturated heterocycles. The molecule has 19 heavy (non-hydrogen) atoms. The molecule has 0 aliphatic heterocycles. The van der Waals surface area contributed by atoms with E-state index < -0.39 is 6.09 Å². The lowest BCUT2D eigenvalue weighted by Gasteiger charge is -2.16. The molecule has 1 saturated carbocycles. The van der Waals surface area contributed by atoms with Crippen LogP contribution in [-0.4, -0.2) is 23.8 Å². The van der Waals surface area contributed by atoms with Crippen LogP contribution >= 0.6 is 0 Å². The van der Waals surface area contributed by atoms with E-state index in [1.54, 1.807) is 0 Å². The minimum atomic E-state index is -0.460. The van der Waals surface area contributed by atoms with Gasteiger partial charge in [0.05, 0.1) is 12.6 Å². The molecule has 2 rings (SSSR count). The van der Waals surface area contributed by atoms with Crippen LogP contribution in [-0.2, 0) is 11.3 Å². The van der Waals surface area contributed by atoms with Gasteiger partial charge in [-0.15, -0.1) is 0 Å². The van der Waals surface area contributed by atoms with E-state index in [4.69, 9.17) is 4.74 Å². The zero-order valence-electron chi connectivity index (χ0n) is 11.0. The van der Waals surface area contributed by atoms with Crippen LogP contribution in [0.5, 0.6) is 0 Å². The van der Waals surface area contributed by atoms with Gasteiger partial charge >= 0.3 is 6.09 Å². The van der Waals surface area contributed by atoms with E-state index in [0.29, 0.717) is 0 Å². The van der Waals surface area contributed by atoms with Gasteiger partial charge in [-0.3, -0.25) is 0 Å². The Labute approximate surface area is 113 Å². The Bertz CT molecular complexity index is 390. The van der Waals surface area contributed by atoms with Crippen molar-refractivity contribution in [1.82, 2.24) is 5.32 Å². The number of benzene rings is 1. The van der Waals surface area contributed by atoms with Crippen molar-refractivity contribution in [2.24, 2.45) is 5.92 Å². The van der Waals surface area contributed by atoms with Gasteiger partial charge in [-0.05, 0) is 24.3 Å². The third kappa shape index (κ3) is 5.30. The molecule has 1 unspecified atom stereocenters. The van der Waals surface area contributed by atoms with E-state index in [-0.39, 0.29) is 19.3 Å². The first kappa shape index (κ1) is 13.9. The van der Waals surface area contributed by atoms with Crippen LogP contribution in [0.25, 0.3) is 0 Å². The van der Waals surface area contributed by atoms with Gasteiger partial charge in [-0.1, -0.05) is 43.2 Å². The highest BCUT2D eigenvalue weighted by Crippen LogP contribution is 2.33. The number of ether oxygens (including phenoxy) is 1. The molecule has 0 aromatic heterocycles. The van der Waals surface area contributed by atoms with Crippen molar-refractivity contribution in [1.29, 1.82) is 0 Å². The van der Waals surface area contributed by atoms with Gasteiger partial charge in [0.2, 0.25) is 0 Å². The minimum Gasteiger partial charge on any atom is -0.445 e. The van der Waals surface area contributed by atoms with Gasteiger partial charge < -0.3 is 15.2 Å². The Morgan fingerprint density at radius 2 is 2.11 bits per heavy atom. The SMILES string of the molecule is O=C(NC(CO)CCC1CC1)OCc1ccccc1. The molecule has 4 heteroatoms. The van der Waals surface area contributed by atoms with E-state index in [2.05, 4.69) is 5.32 Å². The first-order valence-electron chi connectivity index (χ1n) is 6.86.